The zero-order valence-corrected chi connectivity index (χ0v) is 16.1. The summed E-state index contributed by atoms with van der Waals surface area (Å²) in [6.45, 7) is 9.73. The van der Waals surface area contributed by atoms with Crippen LogP contribution in [0.5, 0.6) is 0 Å². The fourth-order valence-electron chi connectivity index (χ4n) is 3.45. The van der Waals surface area contributed by atoms with Gasteiger partial charge < -0.3 is 4.90 Å². The molecule has 0 saturated carbocycles. The summed E-state index contributed by atoms with van der Waals surface area (Å²) in [6.07, 6.45) is 0. The summed E-state index contributed by atoms with van der Waals surface area (Å²) in [5.74, 6) is 0. The van der Waals surface area contributed by atoms with Crippen LogP contribution < -0.4 is 4.90 Å². The molecule has 1 aliphatic heterocycles. The first-order valence-corrected chi connectivity index (χ1v) is 10.3. The molecule has 1 fully saturated rings. The molecule has 2 aromatic carbocycles. The number of nitrogens with zero attached hydrogens (tertiary/aromatic N) is 1. The molecule has 4 nitrogen and oxygen atoms in total. The smallest absolute Gasteiger partial charge is 0.243 e. The Bertz CT molecular complexity index is 839. The second-order valence-corrected chi connectivity index (χ2v) is 8.85. The van der Waals surface area contributed by atoms with Crippen molar-refractivity contribution in [3.05, 3.63) is 64.7 Å². The summed E-state index contributed by atoms with van der Waals surface area (Å²) in [4.78, 5) is 1.90. The number of piperazine rings is 1. The van der Waals surface area contributed by atoms with Gasteiger partial charge in [0.2, 0.25) is 10.0 Å². The van der Waals surface area contributed by atoms with Crippen LogP contribution in [0.3, 0.4) is 0 Å². The zero-order chi connectivity index (χ0) is 18.0. The molecule has 0 atom stereocenters. The third kappa shape index (κ3) is 3.78. The van der Waals surface area contributed by atoms with E-state index >= 15 is 0 Å². The predicted molar refractivity (Wildman–Crippen MR) is 100 cm³/mol. The predicted octanol–water partition coefficient (Wildman–Crippen LogP) is 1.70. The molecule has 0 spiro atoms. The van der Waals surface area contributed by atoms with Gasteiger partial charge in [0.05, 0.1) is 31.1 Å². The van der Waals surface area contributed by atoms with Crippen molar-refractivity contribution in [2.24, 2.45) is 0 Å². The first kappa shape index (κ1) is 18.1. The van der Waals surface area contributed by atoms with Crippen molar-refractivity contribution in [3.8, 4) is 0 Å². The Labute approximate surface area is 151 Å². The van der Waals surface area contributed by atoms with E-state index in [4.69, 9.17) is 0 Å². The maximum Gasteiger partial charge on any atom is 0.243 e. The number of rotatable bonds is 4. The molecular formula is C20H27N2O2S+. The highest BCUT2D eigenvalue weighted by Gasteiger charge is 2.31. The van der Waals surface area contributed by atoms with Crippen molar-refractivity contribution in [1.82, 2.24) is 4.31 Å². The van der Waals surface area contributed by atoms with Gasteiger partial charge in [-0.2, -0.15) is 4.31 Å². The lowest BCUT2D eigenvalue weighted by Gasteiger charge is -2.32. The molecule has 3 rings (SSSR count). The monoisotopic (exact) mass is 359 g/mol. The molecule has 2 aromatic rings. The van der Waals surface area contributed by atoms with Crippen LogP contribution in [-0.4, -0.2) is 38.9 Å². The molecule has 0 aromatic heterocycles. The van der Waals surface area contributed by atoms with Gasteiger partial charge in [-0.25, -0.2) is 8.42 Å². The van der Waals surface area contributed by atoms with Gasteiger partial charge in [0.1, 0.15) is 6.54 Å². The number of sulfonamides is 1. The zero-order valence-electron chi connectivity index (χ0n) is 15.2. The quantitative estimate of drug-likeness (QED) is 0.903. The fraction of sp³-hybridized carbons (Fsp3) is 0.400. The van der Waals surface area contributed by atoms with Crippen LogP contribution in [0, 0.1) is 20.8 Å². The van der Waals surface area contributed by atoms with E-state index in [-0.39, 0.29) is 0 Å². The van der Waals surface area contributed by atoms with E-state index in [1.165, 1.54) is 10.5 Å². The summed E-state index contributed by atoms with van der Waals surface area (Å²) in [7, 11) is -3.41. The number of benzene rings is 2. The normalized spacial score (nSPS) is 16.9. The lowest BCUT2D eigenvalue weighted by atomic mass is 10.1. The molecule has 1 heterocycles. The van der Waals surface area contributed by atoms with Crippen LogP contribution in [-0.2, 0) is 16.6 Å². The van der Waals surface area contributed by atoms with E-state index in [0.717, 1.165) is 36.3 Å². The molecule has 134 valence electrons. The minimum absolute atomic E-state index is 0.460. The van der Waals surface area contributed by atoms with Gasteiger partial charge in [-0.05, 0) is 43.5 Å². The number of quaternary nitrogens is 1. The van der Waals surface area contributed by atoms with Gasteiger partial charge in [0.25, 0.3) is 0 Å². The van der Waals surface area contributed by atoms with Gasteiger partial charge in [-0.3, -0.25) is 0 Å². The summed E-state index contributed by atoms with van der Waals surface area (Å²) in [5.41, 5.74) is 4.38. The average molecular weight is 360 g/mol. The van der Waals surface area contributed by atoms with Crippen molar-refractivity contribution in [3.63, 3.8) is 0 Å². The van der Waals surface area contributed by atoms with Crippen molar-refractivity contribution in [2.45, 2.75) is 32.2 Å². The molecule has 0 radical (unpaired) electrons. The highest BCUT2D eigenvalue weighted by molar-refractivity contribution is 7.89. The highest BCUT2D eigenvalue weighted by Crippen LogP contribution is 2.24. The minimum Gasteiger partial charge on any atom is -0.329 e. The Morgan fingerprint density at radius 3 is 2.20 bits per heavy atom. The molecule has 5 heteroatoms. The largest absolute Gasteiger partial charge is 0.329 e. The molecule has 0 unspecified atom stereocenters. The molecular weight excluding hydrogens is 332 g/mol. The van der Waals surface area contributed by atoms with Crippen molar-refractivity contribution in [1.29, 1.82) is 0 Å². The van der Waals surface area contributed by atoms with Crippen LogP contribution in [0.15, 0.2) is 47.4 Å². The van der Waals surface area contributed by atoms with Crippen LogP contribution in [0.1, 0.15) is 22.3 Å². The first-order valence-electron chi connectivity index (χ1n) is 8.84. The van der Waals surface area contributed by atoms with Gasteiger partial charge in [-0.1, -0.05) is 36.4 Å². The van der Waals surface area contributed by atoms with E-state index in [1.807, 2.05) is 32.9 Å². The standard InChI is InChI=1S/C20H26N2O2S/c1-16-9-10-20(18(3)17(16)2)25(23,24)22-13-11-21(12-14-22)15-19-7-5-4-6-8-19/h4-10H,11-15H2,1-3H3/p+1. The van der Waals surface area contributed by atoms with Gasteiger partial charge in [-0.15, -0.1) is 0 Å². The van der Waals surface area contributed by atoms with Gasteiger partial charge in [0.15, 0.2) is 0 Å². The minimum atomic E-state index is -3.41. The Balaban J connectivity index is 1.71. The van der Waals surface area contributed by atoms with Gasteiger partial charge in [0, 0.05) is 5.56 Å². The van der Waals surface area contributed by atoms with E-state index in [2.05, 4.69) is 24.3 Å². The molecule has 0 aliphatic carbocycles. The maximum atomic E-state index is 13.1. The number of hydrogen-bond acceptors (Lipinski definition) is 2. The average Bonchev–Trinajstić information content (AvgIpc) is 2.61. The van der Waals surface area contributed by atoms with Crippen molar-refractivity contribution in [2.75, 3.05) is 26.2 Å². The highest BCUT2D eigenvalue weighted by atomic mass is 32.2. The lowest BCUT2D eigenvalue weighted by Crippen LogP contribution is -3.13. The number of nitrogens with one attached hydrogen (secondary N) is 1. The molecule has 1 N–H and O–H groups in total. The number of aryl methyl sites for hydroxylation is 1. The molecule has 0 amide bonds. The summed E-state index contributed by atoms with van der Waals surface area (Å²) < 4.78 is 27.8. The van der Waals surface area contributed by atoms with Crippen LogP contribution in [0.2, 0.25) is 0 Å². The second kappa shape index (κ2) is 7.28. The topological polar surface area (TPSA) is 41.8 Å². The fourth-order valence-corrected chi connectivity index (χ4v) is 5.18. The van der Waals surface area contributed by atoms with Crippen LogP contribution in [0.25, 0.3) is 0 Å². The van der Waals surface area contributed by atoms with Gasteiger partial charge >= 0.3 is 0 Å². The van der Waals surface area contributed by atoms with E-state index in [1.54, 1.807) is 10.4 Å². The summed E-state index contributed by atoms with van der Waals surface area (Å²) in [5, 5.41) is 0. The third-order valence-corrected chi connectivity index (χ3v) is 7.40. The SMILES string of the molecule is Cc1ccc(S(=O)(=O)N2CC[NH+](Cc3ccccc3)CC2)c(C)c1C. The molecule has 0 bridgehead atoms. The van der Waals surface area contributed by atoms with E-state index in [9.17, 15) is 8.42 Å². The Hall–Kier alpha value is -1.69. The number of hydrogen-bond donors (Lipinski definition) is 1. The van der Waals surface area contributed by atoms with Crippen LogP contribution in [0.4, 0.5) is 0 Å². The summed E-state index contributed by atoms with van der Waals surface area (Å²) in [6, 6.07) is 14.1. The molecule has 1 saturated heterocycles. The maximum absolute atomic E-state index is 13.1. The van der Waals surface area contributed by atoms with E-state index in [0.29, 0.717) is 18.0 Å². The molecule has 1 aliphatic rings. The molecule has 25 heavy (non-hydrogen) atoms. The lowest BCUT2D eigenvalue weighted by molar-refractivity contribution is -0.917. The Kier molecular flexibility index (Phi) is 5.27. The Morgan fingerprint density at radius 1 is 0.920 bits per heavy atom. The van der Waals surface area contributed by atoms with Crippen molar-refractivity contribution < 1.29 is 13.3 Å². The van der Waals surface area contributed by atoms with Crippen molar-refractivity contribution >= 4 is 10.0 Å². The second-order valence-electron chi connectivity index (χ2n) is 6.95. The Morgan fingerprint density at radius 2 is 1.56 bits per heavy atom. The third-order valence-electron chi connectivity index (χ3n) is 5.35. The van der Waals surface area contributed by atoms with Crippen LogP contribution >= 0.6 is 0 Å². The first-order chi connectivity index (χ1) is 11.9. The van der Waals surface area contributed by atoms with E-state index < -0.39 is 10.0 Å². The summed E-state index contributed by atoms with van der Waals surface area (Å²) >= 11 is 0.